The van der Waals surface area contributed by atoms with Gasteiger partial charge in [-0.15, -0.1) is 12.4 Å². The molecule has 0 unspecified atom stereocenters. The van der Waals surface area contributed by atoms with Gasteiger partial charge >= 0.3 is 6.18 Å². The van der Waals surface area contributed by atoms with Gasteiger partial charge in [-0.1, -0.05) is 12.1 Å². The van der Waals surface area contributed by atoms with Crippen molar-refractivity contribution in [1.82, 2.24) is 10.6 Å². The molecule has 0 bridgehead atoms. The van der Waals surface area contributed by atoms with Gasteiger partial charge in [-0.25, -0.2) is 0 Å². The van der Waals surface area contributed by atoms with Crippen molar-refractivity contribution in [3.63, 3.8) is 0 Å². The molecule has 0 saturated carbocycles. The predicted octanol–water partition coefficient (Wildman–Crippen LogP) is 1.98. The molecule has 1 amide bonds. The first-order valence-electron chi connectivity index (χ1n) is 6.06. The Morgan fingerprint density at radius 2 is 1.86 bits per heavy atom. The highest BCUT2D eigenvalue weighted by molar-refractivity contribution is 5.85. The average Bonchev–Trinajstić information content (AvgIpc) is 2.41. The minimum atomic E-state index is -4.34. The Morgan fingerprint density at radius 3 is 2.38 bits per heavy atom. The van der Waals surface area contributed by atoms with Crippen LogP contribution in [0.15, 0.2) is 24.3 Å². The second-order valence-electron chi connectivity index (χ2n) is 4.14. The van der Waals surface area contributed by atoms with Crippen LogP contribution in [0.3, 0.4) is 0 Å². The van der Waals surface area contributed by atoms with Gasteiger partial charge in [0.15, 0.2) is 0 Å². The molecule has 0 aliphatic rings. The van der Waals surface area contributed by atoms with Gasteiger partial charge in [-0.3, -0.25) is 4.79 Å². The highest BCUT2D eigenvalue weighted by atomic mass is 35.5. The van der Waals surface area contributed by atoms with E-state index in [1.165, 1.54) is 12.1 Å². The summed E-state index contributed by atoms with van der Waals surface area (Å²) in [6.07, 6.45) is -4.34. The summed E-state index contributed by atoms with van der Waals surface area (Å²) in [5, 5.41) is 5.48. The summed E-state index contributed by atoms with van der Waals surface area (Å²) in [7, 11) is 1.56. The molecule has 1 aromatic rings. The second kappa shape index (κ2) is 9.59. The maximum absolute atomic E-state index is 12.3. The molecule has 0 heterocycles. The molecule has 0 aliphatic carbocycles. The lowest BCUT2D eigenvalue weighted by atomic mass is 10.1. The number of rotatable bonds is 7. The van der Waals surface area contributed by atoms with E-state index in [9.17, 15) is 18.0 Å². The lowest BCUT2D eigenvalue weighted by Crippen LogP contribution is -2.34. The Bertz CT molecular complexity index is 424. The molecule has 0 fully saturated rings. The number of carbonyl (C=O) groups excluding carboxylic acids is 1. The monoisotopic (exact) mass is 326 g/mol. The van der Waals surface area contributed by atoms with E-state index in [1.807, 2.05) is 0 Å². The molecule has 0 spiro atoms. The summed E-state index contributed by atoms with van der Waals surface area (Å²) in [6, 6.07) is 4.69. The SMILES string of the molecule is COCCNCC(=O)NCc1ccc(C(F)(F)F)cc1.Cl. The Labute approximate surface area is 127 Å². The Morgan fingerprint density at radius 1 is 1.24 bits per heavy atom. The van der Waals surface area contributed by atoms with Crippen LogP contribution in [0, 0.1) is 0 Å². The number of hydrogen-bond acceptors (Lipinski definition) is 3. The zero-order chi connectivity index (χ0) is 15.0. The normalized spacial score (nSPS) is 10.9. The van der Waals surface area contributed by atoms with Crippen LogP contribution < -0.4 is 10.6 Å². The largest absolute Gasteiger partial charge is 0.416 e. The van der Waals surface area contributed by atoms with Crippen molar-refractivity contribution >= 4 is 18.3 Å². The van der Waals surface area contributed by atoms with E-state index in [4.69, 9.17) is 4.74 Å². The number of carbonyl (C=O) groups is 1. The van der Waals surface area contributed by atoms with E-state index in [0.29, 0.717) is 18.7 Å². The fourth-order valence-electron chi connectivity index (χ4n) is 1.45. The van der Waals surface area contributed by atoms with Crippen LogP contribution in [0.25, 0.3) is 0 Å². The number of ether oxygens (including phenoxy) is 1. The molecule has 1 rings (SSSR count). The van der Waals surface area contributed by atoms with Gasteiger partial charge in [-0.2, -0.15) is 13.2 Å². The van der Waals surface area contributed by atoms with Crippen LogP contribution in [-0.2, 0) is 22.3 Å². The predicted molar refractivity (Wildman–Crippen MR) is 75.3 cm³/mol. The smallest absolute Gasteiger partial charge is 0.383 e. The zero-order valence-corrected chi connectivity index (χ0v) is 12.3. The van der Waals surface area contributed by atoms with Crippen LogP contribution >= 0.6 is 12.4 Å². The molecule has 120 valence electrons. The molecule has 1 aromatic carbocycles. The molecule has 0 aliphatic heterocycles. The van der Waals surface area contributed by atoms with E-state index >= 15 is 0 Å². The maximum Gasteiger partial charge on any atom is 0.416 e. The van der Waals surface area contributed by atoms with Crippen molar-refractivity contribution in [1.29, 1.82) is 0 Å². The van der Waals surface area contributed by atoms with Crippen molar-refractivity contribution in [3.05, 3.63) is 35.4 Å². The number of alkyl halides is 3. The molecule has 2 N–H and O–H groups in total. The van der Waals surface area contributed by atoms with Gasteiger partial charge in [-0.05, 0) is 17.7 Å². The summed E-state index contributed by atoms with van der Waals surface area (Å²) >= 11 is 0. The first-order chi connectivity index (χ1) is 9.43. The van der Waals surface area contributed by atoms with Crippen molar-refractivity contribution in [2.45, 2.75) is 12.7 Å². The minimum Gasteiger partial charge on any atom is -0.383 e. The van der Waals surface area contributed by atoms with Crippen LogP contribution in [0.2, 0.25) is 0 Å². The Kier molecular flexibility index (Phi) is 9.00. The molecule has 0 radical (unpaired) electrons. The fourth-order valence-corrected chi connectivity index (χ4v) is 1.45. The summed E-state index contributed by atoms with van der Waals surface area (Å²) in [6.45, 7) is 1.41. The van der Waals surface area contributed by atoms with E-state index < -0.39 is 11.7 Å². The number of methoxy groups -OCH3 is 1. The van der Waals surface area contributed by atoms with Gasteiger partial charge in [0.1, 0.15) is 0 Å². The first-order valence-corrected chi connectivity index (χ1v) is 6.06. The van der Waals surface area contributed by atoms with Gasteiger partial charge in [0.25, 0.3) is 0 Å². The van der Waals surface area contributed by atoms with E-state index in [2.05, 4.69) is 10.6 Å². The highest BCUT2D eigenvalue weighted by Gasteiger charge is 2.29. The number of amides is 1. The first kappa shape index (κ1) is 19.7. The van der Waals surface area contributed by atoms with Gasteiger partial charge in [0.05, 0.1) is 18.7 Å². The van der Waals surface area contributed by atoms with Gasteiger partial charge in [0, 0.05) is 20.2 Å². The highest BCUT2D eigenvalue weighted by Crippen LogP contribution is 2.28. The number of nitrogens with one attached hydrogen (secondary N) is 2. The summed E-state index contributed by atoms with van der Waals surface area (Å²) < 4.78 is 41.8. The minimum absolute atomic E-state index is 0. The van der Waals surface area contributed by atoms with Crippen molar-refractivity contribution < 1.29 is 22.7 Å². The quantitative estimate of drug-likeness (QED) is 0.753. The van der Waals surface area contributed by atoms with Crippen molar-refractivity contribution in [3.8, 4) is 0 Å². The molecule has 21 heavy (non-hydrogen) atoms. The van der Waals surface area contributed by atoms with Crippen molar-refractivity contribution in [2.24, 2.45) is 0 Å². The Hall–Kier alpha value is -1.31. The lowest BCUT2D eigenvalue weighted by Gasteiger charge is -2.09. The van der Waals surface area contributed by atoms with Crippen LogP contribution in [-0.4, -0.2) is 32.7 Å². The molecule has 8 heteroatoms. The van der Waals surface area contributed by atoms with E-state index in [-0.39, 0.29) is 31.4 Å². The van der Waals surface area contributed by atoms with Gasteiger partial charge in [0.2, 0.25) is 5.91 Å². The molecular formula is C13H18ClF3N2O2. The fraction of sp³-hybridized carbons (Fsp3) is 0.462. The molecule has 0 saturated heterocycles. The number of halogens is 4. The summed E-state index contributed by atoms with van der Waals surface area (Å²) in [4.78, 5) is 11.4. The van der Waals surface area contributed by atoms with Gasteiger partial charge < -0.3 is 15.4 Å². The van der Waals surface area contributed by atoms with E-state index in [0.717, 1.165) is 12.1 Å². The maximum atomic E-state index is 12.3. The summed E-state index contributed by atoms with van der Waals surface area (Å²) in [5.41, 5.74) is -0.0861. The third kappa shape index (κ3) is 7.89. The molecular weight excluding hydrogens is 309 g/mol. The zero-order valence-electron chi connectivity index (χ0n) is 11.5. The van der Waals surface area contributed by atoms with Crippen molar-refractivity contribution in [2.75, 3.05) is 26.8 Å². The number of hydrogen-bond donors (Lipinski definition) is 2. The average molecular weight is 327 g/mol. The second-order valence-corrected chi connectivity index (χ2v) is 4.14. The third-order valence-electron chi connectivity index (χ3n) is 2.54. The molecule has 0 atom stereocenters. The van der Waals surface area contributed by atoms with Crippen LogP contribution in [0.4, 0.5) is 13.2 Å². The van der Waals surface area contributed by atoms with Crippen LogP contribution in [0.1, 0.15) is 11.1 Å². The standard InChI is InChI=1S/C13H17F3N2O2.ClH/c1-20-7-6-17-9-12(19)18-8-10-2-4-11(5-3-10)13(14,15)16;/h2-5,17H,6-9H2,1H3,(H,18,19);1H. The number of benzene rings is 1. The lowest BCUT2D eigenvalue weighted by molar-refractivity contribution is -0.137. The van der Waals surface area contributed by atoms with Crippen LogP contribution in [0.5, 0.6) is 0 Å². The molecule has 4 nitrogen and oxygen atoms in total. The third-order valence-corrected chi connectivity index (χ3v) is 2.54. The topological polar surface area (TPSA) is 50.4 Å². The van der Waals surface area contributed by atoms with E-state index in [1.54, 1.807) is 7.11 Å². The molecule has 0 aromatic heterocycles. The Balaban J connectivity index is 0.00000400. The summed E-state index contributed by atoms with van der Waals surface area (Å²) in [5.74, 6) is -0.221.